The smallest absolute Gasteiger partial charge is 0.237 e. The van der Waals surface area contributed by atoms with Gasteiger partial charge in [-0.15, -0.1) is 12.4 Å². The van der Waals surface area contributed by atoms with Gasteiger partial charge in [-0.3, -0.25) is 4.79 Å². The SMILES string of the molecule is Cl.O=C(NCc1ccc(-c2cnco2)cc1)[C@@H]1C[C@@H](O)CN1. The number of rotatable bonds is 4. The lowest BCUT2D eigenvalue weighted by molar-refractivity contribution is -0.123. The van der Waals surface area contributed by atoms with E-state index in [1.54, 1.807) is 6.20 Å². The molecule has 1 fully saturated rings. The van der Waals surface area contributed by atoms with Gasteiger partial charge in [0.2, 0.25) is 5.91 Å². The predicted molar refractivity (Wildman–Crippen MR) is 83.4 cm³/mol. The van der Waals surface area contributed by atoms with E-state index in [4.69, 9.17) is 4.42 Å². The van der Waals surface area contributed by atoms with Crippen molar-refractivity contribution in [3.63, 3.8) is 0 Å². The average molecular weight is 324 g/mol. The highest BCUT2D eigenvalue weighted by molar-refractivity contribution is 5.85. The predicted octanol–water partition coefficient (Wildman–Crippen LogP) is 1.10. The highest BCUT2D eigenvalue weighted by Crippen LogP contribution is 2.18. The van der Waals surface area contributed by atoms with Crippen molar-refractivity contribution in [2.75, 3.05) is 6.54 Å². The summed E-state index contributed by atoms with van der Waals surface area (Å²) in [5, 5.41) is 15.3. The number of β-amino-alcohol motifs (C(OH)–C–C–N with tert-alkyl or cyclic N) is 1. The number of aromatic nitrogens is 1. The van der Waals surface area contributed by atoms with Crippen LogP contribution in [0.2, 0.25) is 0 Å². The van der Waals surface area contributed by atoms with Crippen molar-refractivity contribution in [2.45, 2.75) is 25.1 Å². The quantitative estimate of drug-likeness (QED) is 0.784. The fourth-order valence-corrected chi connectivity index (χ4v) is 2.37. The highest BCUT2D eigenvalue weighted by Gasteiger charge is 2.27. The molecule has 22 heavy (non-hydrogen) atoms. The Morgan fingerprint density at radius 1 is 1.41 bits per heavy atom. The molecule has 118 valence electrons. The molecule has 7 heteroatoms. The molecule has 6 nitrogen and oxygen atoms in total. The summed E-state index contributed by atoms with van der Waals surface area (Å²) in [6, 6.07) is 7.44. The molecule has 0 radical (unpaired) electrons. The summed E-state index contributed by atoms with van der Waals surface area (Å²) in [5.74, 6) is 0.639. The standard InChI is InChI=1S/C15H17N3O3.ClH/c19-12-5-13(17-7-12)15(20)18-6-10-1-3-11(4-2-10)14-8-16-9-21-14;/h1-4,8-9,12-13,17,19H,5-7H2,(H,18,20);1H/t12-,13+;/m1./s1. The zero-order valence-corrected chi connectivity index (χ0v) is 12.7. The van der Waals surface area contributed by atoms with Crippen LogP contribution in [0.4, 0.5) is 0 Å². The largest absolute Gasteiger partial charge is 0.444 e. The Hall–Kier alpha value is -1.89. The number of halogens is 1. The summed E-state index contributed by atoms with van der Waals surface area (Å²) in [4.78, 5) is 15.8. The van der Waals surface area contributed by atoms with E-state index in [2.05, 4.69) is 15.6 Å². The Labute approximate surface area is 134 Å². The second kappa shape index (κ2) is 7.40. The number of benzene rings is 1. The number of hydrogen-bond acceptors (Lipinski definition) is 5. The van der Waals surface area contributed by atoms with Crippen LogP contribution in [0, 0.1) is 0 Å². The van der Waals surface area contributed by atoms with Crippen molar-refractivity contribution in [1.29, 1.82) is 0 Å². The summed E-state index contributed by atoms with van der Waals surface area (Å²) in [7, 11) is 0. The van der Waals surface area contributed by atoms with Crippen LogP contribution in [0.3, 0.4) is 0 Å². The zero-order valence-electron chi connectivity index (χ0n) is 11.9. The van der Waals surface area contributed by atoms with E-state index in [9.17, 15) is 9.90 Å². The van der Waals surface area contributed by atoms with Crippen molar-refractivity contribution in [3.8, 4) is 11.3 Å². The minimum atomic E-state index is -0.429. The molecule has 1 aromatic carbocycles. The highest BCUT2D eigenvalue weighted by atomic mass is 35.5. The maximum absolute atomic E-state index is 11.9. The molecule has 0 aliphatic carbocycles. The summed E-state index contributed by atoms with van der Waals surface area (Å²) in [6.45, 7) is 0.938. The summed E-state index contributed by atoms with van der Waals surface area (Å²) in [6.07, 6.45) is 3.10. The first kappa shape index (κ1) is 16.5. The number of amides is 1. The molecular weight excluding hydrogens is 306 g/mol. The van der Waals surface area contributed by atoms with E-state index in [1.165, 1.54) is 6.39 Å². The van der Waals surface area contributed by atoms with Crippen molar-refractivity contribution in [2.24, 2.45) is 0 Å². The Kier molecular flexibility index (Phi) is 5.54. The van der Waals surface area contributed by atoms with Gasteiger partial charge in [0.05, 0.1) is 18.3 Å². The lowest BCUT2D eigenvalue weighted by Gasteiger charge is -2.11. The Morgan fingerprint density at radius 3 is 2.77 bits per heavy atom. The molecule has 1 aliphatic rings. The molecule has 3 rings (SSSR count). The third-order valence-electron chi connectivity index (χ3n) is 3.56. The van der Waals surface area contributed by atoms with Gasteiger partial charge < -0.3 is 20.2 Å². The first-order chi connectivity index (χ1) is 10.2. The van der Waals surface area contributed by atoms with Crippen molar-refractivity contribution in [3.05, 3.63) is 42.4 Å². The van der Waals surface area contributed by atoms with Crippen LogP contribution in [0.5, 0.6) is 0 Å². The Morgan fingerprint density at radius 2 is 2.18 bits per heavy atom. The van der Waals surface area contributed by atoms with E-state index >= 15 is 0 Å². The van der Waals surface area contributed by atoms with Crippen LogP contribution in [0.25, 0.3) is 11.3 Å². The summed E-state index contributed by atoms with van der Waals surface area (Å²) < 4.78 is 5.22. The number of hydrogen-bond donors (Lipinski definition) is 3. The van der Waals surface area contributed by atoms with Crippen LogP contribution < -0.4 is 10.6 Å². The molecule has 1 aromatic heterocycles. The second-order valence-corrected chi connectivity index (χ2v) is 5.13. The number of aliphatic hydroxyl groups excluding tert-OH is 1. The van der Waals surface area contributed by atoms with Gasteiger partial charge in [-0.1, -0.05) is 24.3 Å². The second-order valence-electron chi connectivity index (χ2n) is 5.13. The normalized spacial score (nSPS) is 20.4. The van der Waals surface area contributed by atoms with Gasteiger partial charge in [0.25, 0.3) is 0 Å². The minimum Gasteiger partial charge on any atom is -0.444 e. The van der Waals surface area contributed by atoms with Crippen molar-refractivity contribution < 1.29 is 14.3 Å². The van der Waals surface area contributed by atoms with Gasteiger partial charge in [-0.2, -0.15) is 0 Å². The van der Waals surface area contributed by atoms with Gasteiger partial charge in [0.1, 0.15) is 0 Å². The van der Waals surface area contributed by atoms with Crippen molar-refractivity contribution >= 4 is 18.3 Å². The van der Waals surface area contributed by atoms with Crippen LogP contribution >= 0.6 is 12.4 Å². The maximum Gasteiger partial charge on any atom is 0.237 e. The van der Waals surface area contributed by atoms with Crippen LogP contribution in [0.1, 0.15) is 12.0 Å². The van der Waals surface area contributed by atoms with E-state index in [-0.39, 0.29) is 24.4 Å². The number of carbonyl (C=O) groups excluding carboxylic acids is 1. The fourth-order valence-electron chi connectivity index (χ4n) is 2.37. The lowest BCUT2D eigenvalue weighted by Crippen LogP contribution is -2.39. The number of oxazole rings is 1. The molecule has 0 saturated carbocycles. The van der Waals surface area contributed by atoms with E-state index in [1.807, 2.05) is 24.3 Å². The van der Waals surface area contributed by atoms with Gasteiger partial charge >= 0.3 is 0 Å². The van der Waals surface area contributed by atoms with E-state index in [0.717, 1.165) is 16.9 Å². The third kappa shape index (κ3) is 3.85. The fraction of sp³-hybridized carbons (Fsp3) is 0.333. The topological polar surface area (TPSA) is 87.4 Å². The average Bonchev–Trinajstić information content (AvgIpc) is 3.16. The molecule has 3 N–H and O–H groups in total. The number of aliphatic hydroxyl groups is 1. The van der Waals surface area contributed by atoms with Gasteiger partial charge in [0, 0.05) is 18.7 Å². The number of nitrogens with one attached hydrogen (secondary N) is 2. The monoisotopic (exact) mass is 323 g/mol. The molecule has 1 saturated heterocycles. The molecule has 1 amide bonds. The Balaban J connectivity index is 0.00000176. The van der Waals surface area contributed by atoms with Crippen LogP contribution in [-0.4, -0.2) is 34.7 Å². The third-order valence-corrected chi connectivity index (χ3v) is 3.56. The van der Waals surface area contributed by atoms with E-state index < -0.39 is 6.10 Å². The Bertz CT molecular complexity index is 601. The van der Waals surface area contributed by atoms with Crippen LogP contribution in [-0.2, 0) is 11.3 Å². The molecule has 0 spiro atoms. The van der Waals surface area contributed by atoms with Crippen molar-refractivity contribution in [1.82, 2.24) is 15.6 Å². The molecule has 2 heterocycles. The molecule has 0 unspecified atom stereocenters. The van der Waals surface area contributed by atoms with Crippen LogP contribution in [0.15, 0.2) is 41.3 Å². The molecule has 1 aliphatic heterocycles. The van der Waals surface area contributed by atoms with Gasteiger partial charge in [-0.05, 0) is 12.0 Å². The first-order valence-corrected chi connectivity index (χ1v) is 6.89. The number of carbonyl (C=O) groups is 1. The molecule has 0 bridgehead atoms. The molecule has 2 aromatic rings. The zero-order chi connectivity index (χ0) is 14.7. The maximum atomic E-state index is 11.9. The number of nitrogens with zero attached hydrogens (tertiary/aromatic N) is 1. The molecule has 2 atom stereocenters. The van der Waals surface area contributed by atoms with E-state index in [0.29, 0.717) is 19.5 Å². The summed E-state index contributed by atoms with van der Waals surface area (Å²) >= 11 is 0. The first-order valence-electron chi connectivity index (χ1n) is 6.89. The lowest BCUT2D eigenvalue weighted by atomic mass is 10.1. The minimum absolute atomic E-state index is 0. The van der Waals surface area contributed by atoms with Gasteiger partial charge in [-0.25, -0.2) is 4.98 Å². The van der Waals surface area contributed by atoms with Gasteiger partial charge in [0.15, 0.2) is 12.2 Å². The summed E-state index contributed by atoms with van der Waals surface area (Å²) in [5.41, 5.74) is 1.95. The molecular formula is C15H18ClN3O3.